The van der Waals surface area contributed by atoms with E-state index in [4.69, 9.17) is 0 Å². The zero-order valence-electron chi connectivity index (χ0n) is 14.5. The van der Waals surface area contributed by atoms with Gasteiger partial charge in [-0.3, -0.25) is 9.71 Å². The van der Waals surface area contributed by atoms with Gasteiger partial charge in [-0.1, -0.05) is 18.2 Å². The molecule has 0 bridgehead atoms. The maximum Gasteiger partial charge on any atom is 0.123 e. The monoisotopic (exact) mass is 371 g/mol. The maximum atomic E-state index is 12.9. The average Bonchev–Trinajstić information content (AvgIpc) is 2.66. The van der Waals surface area contributed by atoms with E-state index in [2.05, 4.69) is 40.1 Å². The van der Waals surface area contributed by atoms with Gasteiger partial charge in [0.15, 0.2) is 0 Å². The summed E-state index contributed by atoms with van der Waals surface area (Å²) in [5.41, 5.74) is 0.708. The lowest BCUT2D eigenvalue weighted by atomic mass is 10.1. The average molecular weight is 371 g/mol. The predicted octanol–water partition coefficient (Wildman–Crippen LogP) is 3.68. The second-order valence-electron chi connectivity index (χ2n) is 6.23. The third-order valence-electron chi connectivity index (χ3n) is 4.03. The number of benzene rings is 2. The van der Waals surface area contributed by atoms with Crippen LogP contribution in [0, 0.1) is 5.82 Å². The molecular weight excluding hydrogens is 349 g/mol. The maximum absolute atomic E-state index is 12.9. The van der Waals surface area contributed by atoms with Gasteiger partial charge in [0.25, 0.3) is 0 Å². The first-order valence-corrected chi connectivity index (χ1v) is 9.34. The van der Waals surface area contributed by atoms with Crippen molar-refractivity contribution in [2.24, 2.45) is 0 Å². The van der Waals surface area contributed by atoms with Crippen LogP contribution in [0.25, 0.3) is 10.8 Å². The van der Waals surface area contributed by atoms with Crippen LogP contribution in [-0.2, 0) is 0 Å². The van der Waals surface area contributed by atoms with Crippen LogP contribution in [0.5, 0.6) is 0 Å². The van der Waals surface area contributed by atoms with E-state index in [0.29, 0.717) is 18.7 Å². The lowest BCUT2D eigenvalue weighted by molar-refractivity contribution is 0.174. The topological polar surface area (TPSA) is 57.2 Å². The Bertz CT molecular complexity index is 844. The molecule has 2 aromatic carbocycles. The summed E-state index contributed by atoms with van der Waals surface area (Å²) < 4.78 is 16.3. The standard InChI is InChI=1S/C20H22FN3OS/c1-14(11-23-13-20(25)15-2-5-18(21)6-3-15)24-26-19-7-4-17-12-22-9-8-16(17)10-19/h2-10,12,14,20,23-25H,11,13H2,1H3/t14-,20-/m1/s1. The summed E-state index contributed by atoms with van der Waals surface area (Å²) in [7, 11) is 0. The Kier molecular flexibility index (Phi) is 6.57. The highest BCUT2D eigenvalue weighted by atomic mass is 32.2. The zero-order valence-corrected chi connectivity index (χ0v) is 15.3. The van der Waals surface area contributed by atoms with Crippen molar-refractivity contribution in [3.8, 4) is 0 Å². The normalized spacial score (nSPS) is 13.7. The Balaban J connectivity index is 1.42. The van der Waals surface area contributed by atoms with E-state index in [9.17, 15) is 9.50 Å². The van der Waals surface area contributed by atoms with Crippen LogP contribution in [0.1, 0.15) is 18.6 Å². The number of pyridine rings is 1. The quantitative estimate of drug-likeness (QED) is 0.528. The van der Waals surface area contributed by atoms with Gasteiger partial charge in [-0.25, -0.2) is 4.39 Å². The van der Waals surface area contributed by atoms with Gasteiger partial charge in [-0.15, -0.1) is 0 Å². The summed E-state index contributed by atoms with van der Waals surface area (Å²) in [6.07, 6.45) is 3.00. The van der Waals surface area contributed by atoms with E-state index >= 15 is 0 Å². The second-order valence-corrected chi connectivity index (χ2v) is 7.14. The minimum Gasteiger partial charge on any atom is -0.387 e. The molecule has 0 fully saturated rings. The number of aliphatic hydroxyl groups is 1. The molecule has 0 saturated carbocycles. The third kappa shape index (κ3) is 5.25. The molecule has 0 saturated heterocycles. The van der Waals surface area contributed by atoms with Crippen LogP contribution < -0.4 is 10.0 Å². The largest absolute Gasteiger partial charge is 0.387 e. The minimum atomic E-state index is -0.649. The molecule has 0 unspecified atom stereocenters. The molecule has 2 atom stereocenters. The van der Waals surface area contributed by atoms with E-state index in [1.165, 1.54) is 17.5 Å². The molecule has 0 aliphatic carbocycles. The number of nitrogens with zero attached hydrogens (tertiary/aromatic N) is 1. The SMILES string of the molecule is C[C@H](CNC[C@@H](O)c1ccc(F)cc1)NSc1ccc2cnccc2c1. The summed E-state index contributed by atoms with van der Waals surface area (Å²) in [6.45, 7) is 3.21. The van der Waals surface area contributed by atoms with Crippen molar-refractivity contribution in [1.29, 1.82) is 0 Å². The van der Waals surface area contributed by atoms with Gasteiger partial charge in [0.2, 0.25) is 0 Å². The van der Waals surface area contributed by atoms with Crippen LogP contribution in [0.2, 0.25) is 0 Å². The Hall–Kier alpha value is -1.99. The molecule has 0 radical (unpaired) electrons. The second kappa shape index (κ2) is 9.09. The van der Waals surface area contributed by atoms with Crippen molar-refractivity contribution >= 4 is 22.7 Å². The summed E-state index contributed by atoms with van der Waals surface area (Å²) >= 11 is 1.59. The van der Waals surface area contributed by atoms with Crippen molar-refractivity contribution in [2.45, 2.75) is 24.0 Å². The van der Waals surface area contributed by atoms with Gasteiger partial charge in [-0.05, 0) is 60.2 Å². The summed E-state index contributed by atoms with van der Waals surface area (Å²) in [5.74, 6) is -0.297. The summed E-state index contributed by atoms with van der Waals surface area (Å²) in [4.78, 5) is 5.26. The lowest BCUT2D eigenvalue weighted by Gasteiger charge is -2.16. The van der Waals surface area contributed by atoms with Crippen molar-refractivity contribution in [3.63, 3.8) is 0 Å². The zero-order chi connectivity index (χ0) is 18.4. The van der Waals surface area contributed by atoms with Gasteiger partial charge in [0, 0.05) is 41.8 Å². The smallest absolute Gasteiger partial charge is 0.123 e. The highest BCUT2D eigenvalue weighted by molar-refractivity contribution is 7.97. The van der Waals surface area contributed by atoms with Crippen LogP contribution >= 0.6 is 11.9 Å². The first kappa shape index (κ1) is 18.8. The molecule has 4 nitrogen and oxygen atoms in total. The van der Waals surface area contributed by atoms with E-state index < -0.39 is 6.10 Å². The van der Waals surface area contributed by atoms with Crippen molar-refractivity contribution in [2.75, 3.05) is 13.1 Å². The van der Waals surface area contributed by atoms with E-state index in [-0.39, 0.29) is 11.9 Å². The number of halogens is 1. The molecular formula is C20H22FN3OS. The molecule has 0 amide bonds. The first-order valence-electron chi connectivity index (χ1n) is 8.52. The van der Waals surface area contributed by atoms with Crippen LogP contribution in [0.4, 0.5) is 4.39 Å². The highest BCUT2D eigenvalue weighted by Gasteiger charge is 2.09. The van der Waals surface area contributed by atoms with E-state index in [1.807, 2.05) is 12.3 Å². The van der Waals surface area contributed by atoms with Crippen LogP contribution in [0.3, 0.4) is 0 Å². The molecule has 1 aromatic heterocycles. The number of hydrogen-bond acceptors (Lipinski definition) is 5. The Morgan fingerprint density at radius 2 is 1.88 bits per heavy atom. The number of nitrogens with one attached hydrogen (secondary N) is 2. The fourth-order valence-corrected chi connectivity index (χ4v) is 3.32. The molecule has 0 spiro atoms. The van der Waals surface area contributed by atoms with Gasteiger partial charge in [0.05, 0.1) is 6.10 Å². The molecule has 3 aromatic rings. The molecule has 6 heteroatoms. The van der Waals surface area contributed by atoms with Crippen LogP contribution in [0.15, 0.2) is 65.8 Å². The Labute approximate surface area is 157 Å². The van der Waals surface area contributed by atoms with Crippen molar-refractivity contribution in [3.05, 3.63) is 72.3 Å². The molecule has 0 aliphatic rings. The molecule has 136 valence electrons. The van der Waals surface area contributed by atoms with Crippen molar-refractivity contribution in [1.82, 2.24) is 15.0 Å². The summed E-state index contributed by atoms with van der Waals surface area (Å²) in [6, 6.07) is 14.4. The number of hydrogen-bond donors (Lipinski definition) is 3. The minimum absolute atomic E-state index is 0.216. The van der Waals surface area contributed by atoms with Gasteiger partial charge >= 0.3 is 0 Å². The fraction of sp³-hybridized carbons (Fsp3) is 0.250. The number of fused-ring (bicyclic) bond motifs is 1. The Morgan fingerprint density at radius 3 is 2.69 bits per heavy atom. The molecule has 26 heavy (non-hydrogen) atoms. The van der Waals surface area contributed by atoms with E-state index in [1.54, 1.807) is 30.3 Å². The lowest BCUT2D eigenvalue weighted by Crippen LogP contribution is -2.34. The highest BCUT2D eigenvalue weighted by Crippen LogP contribution is 2.21. The number of aliphatic hydroxyl groups excluding tert-OH is 1. The molecule has 3 N–H and O–H groups in total. The van der Waals surface area contributed by atoms with Crippen molar-refractivity contribution < 1.29 is 9.50 Å². The summed E-state index contributed by atoms with van der Waals surface area (Å²) in [5, 5.41) is 15.6. The van der Waals surface area contributed by atoms with Crippen LogP contribution in [-0.4, -0.2) is 29.2 Å². The van der Waals surface area contributed by atoms with E-state index in [0.717, 1.165) is 10.3 Å². The molecule has 0 aliphatic heterocycles. The Morgan fingerprint density at radius 1 is 1.08 bits per heavy atom. The predicted molar refractivity (Wildman–Crippen MR) is 104 cm³/mol. The fourth-order valence-electron chi connectivity index (χ4n) is 2.57. The number of rotatable bonds is 8. The van der Waals surface area contributed by atoms with Gasteiger partial charge in [0.1, 0.15) is 5.82 Å². The molecule has 3 rings (SSSR count). The third-order valence-corrected chi connectivity index (χ3v) is 5.04. The molecule has 1 heterocycles. The number of aromatic nitrogens is 1. The van der Waals surface area contributed by atoms with Gasteiger partial charge in [-0.2, -0.15) is 0 Å². The first-order chi connectivity index (χ1) is 12.6. The van der Waals surface area contributed by atoms with Gasteiger partial charge < -0.3 is 10.4 Å².